The molecule has 0 N–H and O–H groups in total. The molecule has 0 atom stereocenters. The molecule has 2 aromatic rings. The van der Waals surface area contributed by atoms with Gasteiger partial charge in [0.15, 0.2) is 5.79 Å². The highest BCUT2D eigenvalue weighted by molar-refractivity contribution is 5.78. The van der Waals surface area contributed by atoms with E-state index in [1.165, 1.54) is 5.56 Å². The van der Waals surface area contributed by atoms with Crippen LogP contribution in [0.4, 0.5) is 0 Å². The lowest BCUT2D eigenvalue weighted by Gasteiger charge is -2.37. The van der Waals surface area contributed by atoms with Crippen molar-refractivity contribution in [3.05, 3.63) is 41.3 Å². The minimum Gasteiger partial charge on any atom is -0.441 e. The van der Waals surface area contributed by atoms with Crippen LogP contribution >= 0.6 is 0 Å². The number of aromatic nitrogens is 1. The summed E-state index contributed by atoms with van der Waals surface area (Å²) in [5.41, 5.74) is 3.00. The Morgan fingerprint density at radius 2 is 1.72 bits per heavy atom. The lowest BCUT2D eigenvalue weighted by atomic mass is 9.87. The molecule has 1 spiro atoms. The second kappa shape index (κ2) is 7.58. The SMILES string of the molecule is Cc1oc(-c2ccc(C(C)(C)C)cc2)nc1CC(=O)N1CCC2(CC1)OCCO2. The van der Waals surface area contributed by atoms with Gasteiger partial charge in [-0.2, -0.15) is 0 Å². The summed E-state index contributed by atoms with van der Waals surface area (Å²) in [4.78, 5) is 19.3. The van der Waals surface area contributed by atoms with Crippen LogP contribution in [0.2, 0.25) is 0 Å². The molecule has 4 rings (SSSR count). The Morgan fingerprint density at radius 1 is 1.10 bits per heavy atom. The first-order chi connectivity index (χ1) is 13.8. The van der Waals surface area contributed by atoms with Crippen LogP contribution in [0.25, 0.3) is 11.5 Å². The van der Waals surface area contributed by atoms with Crippen LogP contribution in [0, 0.1) is 6.92 Å². The number of oxazole rings is 1. The highest BCUT2D eigenvalue weighted by Gasteiger charge is 2.40. The molecule has 29 heavy (non-hydrogen) atoms. The second-order valence-electron chi connectivity index (χ2n) is 9.01. The molecule has 1 amide bonds. The molecule has 0 saturated carbocycles. The molecule has 2 fully saturated rings. The Balaban J connectivity index is 1.41. The molecule has 0 aliphatic carbocycles. The Labute approximate surface area is 172 Å². The summed E-state index contributed by atoms with van der Waals surface area (Å²) in [7, 11) is 0. The zero-order valence-electron chi connectivity index (χ0n) is 17.8. The molecule has 2 aliphatic rings. The molecule has 0 unspecified atom stereocenters. The number of nitrogens with zero attached hydrogens (tertiary/aromatic N) is 2. The van der Waals surface area contributed by atoms with Crippen LogP contribution in [0.1, 0.15) is 50.6 Å². The third-order valence-corrected chi connectivity index (χ3v) is 5.90. The third-order valence-electron chi connectivity index (χ3n) is 5.90. The van der Waals surface area contributed by atoms with Gasteiger partial charge in [0.05, 0.1) is 25.3 Å². The molecule has 1 aromatic heterocycles. The summed E-state index contributed by atoms with van der Waals surface area (Å²) in [6, 6.07) is 8.28. The first-order valence-corrected chi connectivity index (χ1v) is 10.4. The highest BCUT2D eigenvalue weighted by Crippen LogP contribution is 2.32. The van der Waals surface area contributed by atoms with Crippen LogP contribution in [0.3, 0.4) is 0 Å². The molecule has 2 saturated heterocycles. The van der Waals surface area contributed by atoms with E-state index in [1.54, 1.807) is 0 Å². The maximum absolute atomic E-state index is 12.8. The van der Waals surface area contributed by atoms with Gasteiger partial charge in [0, 0.05) is 31.5 Å². The van der Waals surface area contributed by atoms with E-state index in [-0.39, 0.29) is 17.7 Å². The van der Waals surface area contributed by atoms with Crippen molar-refractivity contribution in [2.24, 2.45) is 0 Å². The fraction of sp³-hybridized carbons (Fsp3) is 0.565. The predicted molar refractivity (Wildman–Crippen MR) is 110 cm³/mol. The van der Waals surface area contributed by atoms with Gasteiger partial charge in [0.2, 0.25) is 11.8 Å². The summed E-state index contributed by atoms with van der Waals surface area (Å²) in [6.07, 6.45) is 1.70. The van der Waals surface area contributed by atoms with Crippen LogP contribution in [-0.4, -0.2) is 47.9 Å². The largest absolute Gasteiger partial charge is 0.441 e. The van der Waals surface area contributed by atoms with Crippen molar-refractivity contribution in [1.82, 2.24) is 9.88 Å². The number of hydrogen-bond acceptors (Lipinski definition) is 5. The lowest BCUT2D eigenvalue weighted by molar-refractivity contribution is -0.187. The number of benzene rings is 1. The van der Waals surface area contributed by atoms with Crippen molar-refractivity contribution in [3.63, 3.8) is 0 Å². The fourth-order valence-corrected chi connectivity index (χ4v) is 3.97. The smallest absolute Gasteiger partial charge is 0.228 e. The fourth-order valence-electron chi connectivity index (χ4n) is 3.97. The molecular weight excluding hydrogens is 368 g/mol. The monoisotopic (exact) mass is 398 g/mol. The van der Waals surface area contributed by atoms with Crippen molar-refractivity contribution < 1.29 is 18.7 Å². The number of carbonyl (C=O) groups is 1. The second-order valence-corrected chi connectivity index (χ2v) is 9.01. The number of hydrogen-bond donors (Lipinski definition) is 0. The van der Waals surface area contributed by atoms with E-state index in [2.05, 4.69) is 37.9 Å². The number of ether oxygens (including phenoxy) is 2. The van der Waals surface area contributed by atoms with Gasteiger partial charge < -0.3 is 18.8 Å². The predicted octanol–water partition coefficient (Wildman–Crippen LogP) is 3.86. The molecule has 6 nitrogen and oxygen atoms in total. The van der Waals surface area contributed by atoms with Crippen LogP contribution < -0.4 is 0 Å². The molecule has 3 heterocycles. The van der Waals surface area contributed by atoms with Crippen molar-refractivity contribution >= 4 is 5.91 Å². The van der Waals surface area contributed by atoms with Crippen LogP contribution in [-0.2, 0) is 26.1 Å². The Kier molecular flexibility index (Phi) is 5.25. The number of amides is 1. The summed E-state index contributed by atoms with van der Waals surface area (Å²) < 4.78 is 17.4. The van der Waals surface area contributed by atoms with Gasteiger partial charge in [-0.15, -0.1) is 0 Å². The number of carbonyl (C=O) groups excluding carboxylic acids is 1. The van der Waals surface area contributed by atoms with Gasteiger partial charge in [-0.3, -0.25) is 4.79 Å². The zero-order valence-corrected chi connectivity index (χ0v) is 17.8. The van der Waals surface area contributed by atoms with E-state index in [9.17, 15) is 4.79 Å². The molecule has 6 heteroatoms. The first-order valence-electron chi connectivity index (χ1n) is 10.4. The standard InChI is InChI=1S/C23H30N2O4/c1-16-19(15-20(26)25-11-9-23(10-12-25)27-13-14-28-23)24-21(29-16)17-5-7-18(8-6-17)22(2,3)4/h5-8H,9-15H2,1-4H3. The molecule has 2 aliphatic heterocycles. The lowest BCUT2D eigenvalue weighted by Crippen LogP contribution is -2.47. The van der Waals surface area contributed by atoms with Gasteiger partial charge in [0.1, 0.15) is 5.76 Å². The minimum absolute atomic E-state index is 0.0730. The third kappa shape index (κ3) is 4.23. The van der Waals surface area contributed by atoms with Gasteiger partial charge in [-0.1, -0.05) is 32.9 Å². The topological polar surface area (TPSA) is 64.8 Å². The minimum atomic E-state index is -0.465. The molecule has 156 valence electrons. The van der Waals surface area contributed by atoms with Gasteiger partial charge in [-0.05, 0) is 30.0 Å². The summed E-state index contributed by atoms with van der Waals surface area (Å²) >= 11 is 0. The van der Waals surface area contributed by atoms with Gasteiger partial charge in [-0.25, -0.2) is 4.98 Å². The van der Waals surface area contributed by atoms with E-state index in [0.717, 1.165) is 18.4 Å². The molecular formula is C23H30N2O4. The Morgan fingerprint density at radius 3 is 2.31 bits per heavy atom. The summed E-state index contributed by atoms with van der Waals surface area (Å²) in [5, 5.41) is 0. The molecule has 1 aromatic carbocycles. The number of piperidine rings is 1. The normalized spacial score (nSPS) is 19.1. The summed E-state index contributed by atoms with van der Waals surface area (Å²) in [5.74, 6) is 0.872. The number of likely N-dealkylation sites (tertiary alicyclic amines) is 1. The number of rotatable bonds is 3. The first kappa shape index (κ1) is 20.1. The maximum Gasteiger partial charge on any atom is 0.228 e. The average Bonchev–Trinajstić information content (AvgIpc) is 3.29. The van der Waals surface area contributed by atoms with E-state index in [1.807, 2.05) is 24.0 Å². The number of aryl methyl sites for hydroxylation is 1. The van der Waals surface area contributed by atoms with E-state index in [0.29, 0.717) is 43.6 Å². The van der Waals surface area contributed by atoms with Crippen LogP contribution in [0.15, 0.2) is 28.7 Å². The Bertz CT molecular complexity index is 863. The average molecular weight is 399 g/mol. The zero-order chi connectivity index (χ0) is 20.6. The van der Waals surface area contributed by atoms with Crippen molar-refractivity contribution in [3.8, 4) is 11.5 Å². The quantitative estimate of drug-likeness (QED) is 0.786. The maximum atomic E-state index is 12.8. The van der Waals surface area contributed by atoms with Crippen molar-refractivity contribution in [2.45, 2.75) is 58.2 Å². The Hall–Kier alpha value is -2.18. The molecule has 0 bridgehead atoms. The van der Waals surface area contributed by atoms with E-state index >= 15 is 0 Å². The summed E-state index contributed by atoms with van der Waals surface area (Å²) in [6.45, 7) is 11.0. The van der Waals surface area contributed by atoms with E-state index in [4.69, 9.17) is 13.9 Å². The van der Waals surface area contributed by atoms with Crippen LogP contribution in [0.5, 0.6) is 0 Å². The van der Waals surface area contributed by atoms with Gasteiger partial charge >= 0.3 is 0 Å². The van der Waals surface area contributed by atoms with Crippen molar-refractivity contribution in [2.75, 3.05) is 26.3 Å². The highest BCUT2D eigenvalue weighted by atomic mass is 16.7. The van der Waals surface area contributed by atoms with Crippen molar-refractivity contribution in [1.29, 1.82) is 0 Å². The van der Waals surface area contributed by atoms with Gasteiger partial charge in [0.25, 0.3) is 0 Å². The molecule has 0 radical (unpaired) electrons. The van der Waals surface area contributed by atoms with E-state index < -0.39 is 5.79 Å².